The van der Waals surface area contributed by atoms with Crippen molar-refractivity contribution in [3.8, 4) is 11.5 Å². The van der Waals surface area contributed by atoms with Crippen LogP contribution in [0.4, 0.5) is 5.69 Å². The number of nitrogens with zero attached hydrogens (tertiary/aromatic N) is 2. The Kier molecular flexibility index (Phi) is 4.23. The first-order chi connectivity index (χ1) is 14.1. The van der Waals surface area contributed by atoms with E-state index in [2.05, 4.69) is 0 Å². The number of amides is 3. The lowest BCUT2D eigenvalue weighted by molar-refractivity contribution is -0.140. The molecule has 0 spiro atoms. The zero-order chi connectivity index (χ0) is 20.0. The Labute approximate surface area is 167 Å². The van der Waals surface area contributed by atoms with Crippen LogP contribution >= 0.6 is 0 Å². The molecule has 2 aromatic carbocycles. The molecule has 1 atom stereocenters. The maximum Gasteiger partial charge on any atom is 0.257 e. The molecule has 0 N–H and O–H groups in total. The molecule has 148 valence electrons. The molecule has 3 aliphatic rings. The number of carbonyl (C=O) groups is 3. The van der Waals surface area contributed by atoms with Crippen LogP contribution in [0.5, 0.6) is 11.5 Å². The van der Waals surface area contributed by atoms with E-state index in [4.69, 9.17) is 9.47 Å². The molecule has 1 saturated heterocycles. The molecule has 3 amide bonds. The standard InChI is InChI=1S/C22H20N2O5/c25-20-11-17(22(27)24(20)16-4-2-1-3-5-16)23(21(26)15-7-8-15)12-14-6-9-18-19(10-14)29-13-28-18/h1-6,9-10,15,17H,7-8,11-13H2. The smallest absolute Gasteiger partial charge is 0.257 e. The van der Waals surface area contributed by atoms with E-state index in [1.54, 1.807) is 35.2 Å². The highest BCUT2D eigenvalue weighted by Gasteiger charge is 2.46. The highest BCUT2D eigenvalue weighted by Crippen LogP contribution is 2.36. The second kappa shape index (κ2) is 6.92. The number of hydrogen-bond donors (Lipinski definition) is 0. The predicted molar refractivity (Wildman–Crippen MR) is 103 cm³/mol. The Morgan fingerprint density at radius 1 is 1.03 bits per heavy atom. The summed E-state index contributed by atoms with van der Waals surface area (Å²) >= 11 is 0. The molecule has 1 saturated carbocycles. The summed E-state index contributed by atoms with van der Waals surface area (Å²) in [6, 6.07) is 13.5. The predicted octanol–water partition coefficient (Wildman–Crippen LogP) is 2.49. The number of imide groups is 1. The Morgan fingerprint density at radius 2 is 1.79 bits per heavy atom. The Hall–Kier alpha value is -3.35. The van der Waals surface area contributed by atoms with Crippen LogP contribution in [0.2, 0.25) is 0 Å². The maximum absolute atomic E-state index is 13.1. The van der Waals surface area contributed by atoms with Gasteiger partial charge in [-0.3, -0.25) is 14.4 Å². The minimum Gasteiger partial charge on any atom is -0.454 e. The summed E-state index contributed by atoms with van der Waals surface area (Å²) in [6.45, 7) is 0.420. The van der Waals surface area contributed by atoms with Crippen molar-refractivity contribution in [2.45, 2.75) is 31.8 Å². The van der Waals surface area contributed by atoms with Crippen molar-refractivity contribution in [2.75, 3.05) is 11.7 Å². The summed E-state index contributed by atoms with van der Waals surface area (Å²) in [5.41, 5.74) is 1.37. The number of carbonyl (C=O) groups excluding carboxylic acids is 3. The summed E-state index contributed by atoms with van der Waals surface area (Å²) in [4.78, 5) is 41.6. The van der Waals surface area contributed by atoms with Crippen molar-refractivity contribution in [3.05, 3.63) is 54.1 Å². The third kappa shape index (κ3) is 3.22. The van der Waals surface area contributed by atoms with Crippen molar-refractivity contribution >= 4 is 23.4 Å². The molecule has 1 unspecified atom stereocenters. The van der Waals surface area contributed by atoms with Gasteiger partial charge in [-0.2, -0.15) is 0 Å². The molecular weight excluding hydrogens is 372 g/mol. The van der Waals surface area contributed by atoms with Gasteiger partial charge in [-0.25, -0.2) is 4.90 Å². The highest BCUT2D eigenvalue weighted by atomic mass is 16.7. The van der Waals surface area contributed by atoms with Crippen molar-refractivity contribution in [1.29, 1.82) is 0 Å². The van der Waals surface area contributed by atoms with Gasteiger partial charge >= 0.3 is 0 Å². The van der Waals surface area contributed by atoms with Gasteiger partial charge in [-0.05, 0) is 42.7 Å². The van der Waals surface area contributed by atoms with Crippen LogP contribution in [-0.2, 0) is 20.9 Å². The van der Waals surface area contributed by atoms with E-state index >= 15 is 0 Å². The molecule has 2 heterocycles. The Balaban J connectivity index is 1.43. The number of anilines is 1. The van der Waals surface area contributed by atoms with Gasteiger partial charge in [0, 0.05) is 12.5 Å². The summed E-state index contributed by atoms with van der Waals surface area (Å²) < 4.78 is 10.8. The molecule has 2 aliphatic heterocycles. The normalized spacial score (nSPS) is 20.3. The summed E-state index contributed by atoms with van der Waals surface area (Å²) in [5, 5.41) is 0. The highest BCUT2D eigenvalue weighted by molar-refractivity contribution is 6.23. The van der Waals surface area contributed by atoms with Crippen molar-refractivity contribution in [1.82, 2.24) is 4.90 Å². The van der Waals surface area contributed by atoms with E-state index in [9.17, 15) is 14.4 Å². The van der Waals surface area contributed by atoms with Crippen LogP contribution < -0.4 is 14.4 Å². The minimum atomic E-state index is -0.791. The zero-order valence-electron chi connectivity index (χ0n) is 15.7. The molecule has 0 bridgehead atoms. The van der Waals surface area contributed by atoms with Gasteiger partial charge in [0.15, 0.2) is 11.5 Å². The van der Waals surface area contributed by atoms with Gasteiger partial charge in [0.1, 0.15) is 6.04 Å². The van der Waals surface area contributed by atoms with Crippen LogP contribution in [0.25, 0.3) is 0 Å². The van der Waals surface area contributed by atoms with Crippen molar-refractivity contribution < 1.29 is 23.9 Å². The molecule has 2 fully saturated rings. The summed E-state index contributed by atoms with van der Waals surface area (Å²) in [5.74, 6) is 0.528. The van der Waals surface area contributed by atoms with Crippen LogP contribution in [0.15, 0.2) is 48.5 Å². The fourth-order valence-electron chi connectivity index (χ4n) is 3.85. The van der Waals surface area contributed by atoms with E-state index < -0.39 is 6.04 Å². The first kappa shape index (κ1) is 17.7. The largest absolute Gasteiger partial charge is 0.454 e. The SMILES string of the molecule is O=C1CC(N(Cc2ccc3c(c2)OCO3)C(=O)C2CC2)C(=O)N1c1ccccc1. The lowest BCUT2D eigenvalue weighted by Crippen LogP contribution is -2.45. The van der Waals surface area contributed by atoms with Gasteiger partial charge in [-0.1, -0.05) is 24.3 Å². The van der Waals surface area contributed by atoms with E-state index in [1.165, 1.54) is 4.90 Å². The first-order valence-corrected chi connectivity index (χ1v) is 9.72. The molecule has 0 radical (unpaired) electrons. The second-order valence-corrected chi connectivity index (χ2v) is 7.55. The number of rotatable bonds is 5. The maximum atomic E-state index is 13.1. The van der Waals surface area contributed by atoms with Crippen LogP contribution in [0.3, 0.4) is 0 Å². The van der Waals surface area contributed by atoms with Gasteiger partial charge in [-0.15, -0.1) is 0 Å². The second-order valence-electron chi connectivity index (χ2n) is 7.55. The van der Waals surface area contributed by atoms with Crippen molar-refractivity contribution in [2.24, 2.45) is 5.92 Å². The summed E-state index contributed by atoms with van der Waals surface area (Å²) in [7, 11) is 0. The Bertz CT molecular complexity index is 986. The molecule has 7 nitrogen and oxygen atoms in total. The number of para-hydroxylation sites is 1. The van der Waals surface area contributed by atoms with Gasteiger partial charge in [0.05, 0.1) is 12.1 Å². The van der Waals surface area contributed by atoms with E-state index in [1.807, 2.05) is 18.2 Å². The molecular formula is C22H20N2O5. The number of ether oxygens (including phenoxy) is 2. The molecule has 0 aromatic heterocycles. The third-order valence-corrected chi connectivity index (χ3v) is 5.51. The first-order valence-electron chi connectivity index (χ1n) is 9.72. The topological polar surface area (TPSA) is 76.1 Å². The minimum absolute atomic E-state index is 0.00323. The average molecular weight is 392 g/mol. The average Bonchev–Trinajstić information content (AvgIpc) is 3.41. The van der Waals surface area contributed by atoms with E-state index in [-0.39, 0.29) is 43.4 Å². The molecule has 5 rings (SSSR count). The van der Waals surface area contributed by atoms with Crippen LogP contribution in [0.1, 0.15) is 24.8 Å². The molecule has 29 heavy (non-hydrogen) atoms. The summed E-state index contributed by atoms with van der Waals surface area (Å²) in [6.07, 6.45) is 1.65. The lowest BCUT2D eigenvalue weighted by atomic mass is 10.1. The fraction of sp³-hybridized carbons (Fsp3) is 0.318. The Morgan fingerprint density at radius 3 is 2.55 bits per heavy atom. The molecule has 1 aliphatic carbocycles. The van der Waals surface area contributed by atoms with E-state index in [0.29, 0.717) is 17.2 Å². The van der Waals surface area contributed by atoms with Crippen LogP contribution in [-0.4, -0.2) is 35.5 Å². The van der Waals surface area contributed by atoms with Crippen LogP contribution in [0, 0.1) is 5.92 Å². The third-order valence-electron chi connectivity index (χ3n) is 5.51. The lowest BCUT2D eigenvalue weighted by Gasteiger charge is -2.28. The van der Waals surface area contributed by atoms with Crippen molar-refractivity contribution in [3.63, 3.8) is 0 Å². The number of benzene rings is 2. The van der Waals surface area contributed by atoms with E-state index in [0.717, 1.165) is 18.4 Å². The number of fused-ring (bicyclic) bond motifs is 1. The quantitative estimate of drug-likeness (QED) is 0.731. The number of hydrogen-bond acceptors (Lipinski definition) is 5. The molecule has 2 aromatic rings. The van der Waals surface area contributed by atoms with Gasteiger partial charge < -0.3 is 14.4 Å². The van der Waals surface area contributed by atoms with Gasteiger partial charge in [0.2, 0.25) is 18.6 Å². The fourth-order valence-corrected chi connectivity index (χ4v) is 3.85. The zero-order valence-corrected chi connectivity index (χ0v) is 15.7. The molecule has 7 heteroatoms. The van der Waals surface area contributed by atoms with Gasteiger partial charge in [0.25, 0.3) is 5.91 Å². The monoisotopic (exact) mass is 392 g/mol.